The number of hydrogen-bond donors (Lipinski definition) is 3. The predicted octanol–water partition coefficient (Wildman–Crippen LogP) is 0.118. The van der Waals surface area contributed by atoms with Crippen molar-refractivity contribution in [2.24, 2.45) is 19.8 Å². The van der Waals surface area contributed by atoms with Crippen LogP contribution in [0.3, 0.4) is 0 Å². The van der Waals surface area contributed by atoms with Crippen molar-refractivity contribution in [3.8, 4) is 11.4 Å². The van der Waals surface area contributed by atoms with Gasteiger partial charge in [-0.25, -0.2) is 14.6 Å². The summed E-state index contributed by atoms with van der Waals surface area (Å²) in [5.74, 6) is 0.448. The minimum Gasteiger partial charge on any atom is -0.351 e. The first kappa shape index (κ1) is 14.6. The molecular formula is C14H14N6O3. The Morgan fingerprint density at radius 3 is 2.43 bits per heavy atom. The predicted molar refractivity (Wildman–Crippen MR) is 85.2 cm³/mol. The zero-order chi connectivity index (χ0) is 16.7. The van der Waals surface area contributed by atoms with Gasteiger partial charge >= 0.3 is 11.7 Å². The third kappa shape index (κ3) is 2.37. The van der Waals surface area contributed by atoms with E-state index in [1.807, 2.05) is 0 Å². The topological polar surface area (TPSA) is 128 Å². The van der Waals surface area contributed by atoms with Crippen molar-refractivity contribution in [3.05, 3.63) is 45.1 Å². The summed E-state index contributed by atoms with van der Waals surface area (Å²) in [4.78, 5) is 42.1. The molecule has 1 aromatic carbocycles. The summed E-state index contributed by atoms with van der Waals surface area (Å²) in [5.41, 5.74) is 5.95. The molecule has 9 heteroatoms. The van der Waals surface area contributed by atoms with Crippen LogP contribution in [0.25, 0.3) is 22.6 Å². The van der Waals surface area contributed by atoms with Crippen molar-refractivity contribution in [1.82, 2.24) is 19.1 Å². The molecule has 0 fully saturated rings. The van der Waals surface area contributed by atoms with Crippen LogP contribution in [0.1, 0.15) is 0 Å². The number of rotatable bonds is 2. The van der Waals surface area contributed by atoms with Crippen LogP contribution in [-0.4, -0.2) is 25.1 Å². The Balaban J connectivity index is 2.13. The molecule has 0 aliphatic heterocycles. The molecule has 0 spiro atoms. The Kier molecular flexibility index (Phi) is 3.25. The number of primary amides is 1. The van der Waals surface area contributed by atoms with E-state index in [9.17, 15) is 14.4 Å². The first-order valence-electron chi connectivity index (χ1n) is 6.71. The van der Waals surface area contributed by atoms with Crippen molar-refractivity contribution in [2.45, 2.75) is 0 Å². The molecule has 118 valence electrons. The number of urea groups is 1. The molecule has 2 heterocycles. The largest absolute Gasteiger partial charge is 0.351 e. The van der Waals surface area contributed by atoms with E-state index in [0.717, 1.165) is 4.57 Å². The number of nitrogens with one attached hydrogen (secondary N) is 2. The minimum absolute atomic E-state index is 0.254. The highest BCUT2D eigenvalue weighted by Gasteiger charge is 2.14. The first-order valence-corrected chi connectivity index (χ1v) is 6.71. The van der Waals surface area contributed by atoms with E-state index >= 15 is 0 Å². The van der Waals surface area contributed by atoms with E-state index in [-0.39, 0.29) is 11.2 Å². The summed E-state index contributed by atoms with van der Waals surface area (Å²) in [6, 6.07) is 6.09. The van der Waals surface area contributed by atoms with E-state index in [4.69, 9.17) is 5.73 Å². The van der Waals surface area contributed by atoms with Crippen LogP contribution < -0.4 is 22.3 Å². The number of anilines is 1. The van der Waals surface area contributed by atoms with E-state index in [1.54, 1.807) is 31.3 Å². The van der Waals surface area contributed by atoms with Gasteiger partial charge in [0.15, 0.2) is 5.65 Å². The van der Waals surface area contributed by atoms with Gasteiger partial charge in [0.05, 0.1) is 0 Å². The van der Waals surface area contributed by atoms with Crippen LogP contribution in [0.15, 0.2) is 33.9 Å². The average molecular weight is 314 g/mol. The Morgan fingerprint density at radius 1 is 1.17 bits per heavy atom. The van der Waals surface area contributed by atoms with Gasteiger partial charge in [0.2, 0.25) is 0 Å². The molecule has 3 aromatic rings. The van der Waals surface area contributed by atoms with Gasteiger partial charge in [-0.3, -0.25) is 13.9 Å². The zero-order valence-corrected chi connectivity index (χ0v) is 12.5. The molecule has 23 heavy (non-hydrogen) atoms. The van der Waals surface area contributed by atoms with Crippen LogP contribution in [-0.2, 0) is 14.1 Å². The second-order valence-electron chi connectivity index (χ2n) is 5.06. The smallest absolute Gasteiger partial charge is 0.332 e. The maximum Gasteiger partial charge on any atom is 0.332 e. The van der Waals surface area contributed by atoms with E-state index in [1.165, 1.54) is 11.6 Å². The highest BCUT2D eigenvalue weighted by Crippen LogP contribution is 2.20. The fourth-order valence-corrected chi connectivity index (χ4v) is 2.32. The molecule has 0 radical (unpaired) electrons. The fraction of sp³-hybridized carbons (Fsp3) is 0.143. The molecule has 0 atom stereocenters. The van der Waals surface area contributed by atoms with Gasteiger partial charge in [-0.1, -0.05) is 0 Å². The number of benzene rings is 1. The lowest BCUT2D eigenvalue weighted by molar-refractivity contribution is 0.259. The summed E-state index contributed by atoms with van der Waals surface area (Å²) < 4.78 is 2.32. The van der Waals surface area contributed by atoms with Crippen molar-refractivity contribution >= 4 is 22.9 Å². The molecule has 0 aliphatic carbocycles. The van der Waals surface area contributed by atoms with Crippen LogP contribution >= 0.6 is 0 Å². The Bertz CT molecular complexity index is 1030. The quantitative estimate of drug-likeness (QED) is 0.620. The fourth-order valence-electron chi connectivity index (χ4n) is 2.32. The molecule has 9 nitrogen and oxygen atoms in total. The Morgan fingerprint density at radius 2 is 1.83 bits per heavy atom. The minimum atomic E-state index is -0.653. The van der Waals surface area contributed by atoms with Crippen molar-refractivity contribution in [1.29, 1.82) is 0 Å². The molecule has 0 unspecified atom stereocenters. The van der Waals surface area contributed by atoms with Gasteiger partial charge in [0, 0.05) is 25.3 Å². The number of imidazole rings is 1. The summed E-state index contributed by atoms with van der Waals surface area (Å²) in [6.45, 7) is 0. The summed E-state index contributed by atoms with van der Waals surface area (Å²) in [7, 11) is 2.96. The van der Waals surface area contributed by atoms with Gasteiger partial charge in [-0.2, -0.15) is 0 Å². The number of fused-ring (bicyclic) bond motifs is 1. The maximum atomic E-state index is 12.1. The average Bonchev–Trinajstić information content (AvgIpc) is 2.96. The standard InChI is InChI=1S/C14H14N6O3/c1-19-11-9(12(21)20(2)14(19)23)17-10(18-11)7-3-5-8(6-4-7)16-13(15)22/h3-6H,1-2H3,(H,17,18)(H3,15,16,22). The molecule has 3 rings (SSSR count). The zero-order valence-electron chi connectivity index (χ0n) is 12.5. The number of carbonyl (C=O) groups excluding carboxylic acids is 1. The lowest BCUT2D eigenvalue weighted by Gasteiger charge is -2.02. The summed E-state index contributed by atoms with van der Waals surface area (Å²) in [6.07, 6.45) is 0. The molecule has 0 aliphatic rings. The molecule has 0 saturated heterocycles. The lowest BCUT2D eigenvalue weighted by atomic mass is 10.2. The van der Waals surface area contributed by atoms with E-state index in [2.05, 4.69) is 15.3 Å². The first-order chi connectivity index (χ1) is 10.9. The van der Waals surface area contributed by atoms with Crippen molar-refractivity contribution < 1.29 is 4.79 Å². The highest BCUT2D eigenvalue weighted by molar-refractivity contribution is 5.88. The maximum absolute atomic E-state index is 12.1. The highest BCUT2D eigenvalue weighted by atomic mass is 16.2. The number of aryl methyl sites for hydroxylation is 1. The Labute approximate surface area is 129 Å². The third-order valence-corrected chi connectivity index (χ3v) is 3.52. The summed E-state index contributed by atoms with van der Waals surface area (Å²) >= 11 is 0. The summed E-state index contributed by atoms with van der Waals surface area (Å²) in [5, 5.41) is 2.45. The number of carbonyl (C=O) groups is 1. The second-order valence-corrected chi connectivity index (χ2v) is 5.06. The van der Waals surface area contributed by atoms with Crippen LogP contribution in [0.4, 0.5) is 10.5 Å². The van der Waals surface area contributed by atoms with Gasteiger partial charge < -0.3 is 16.0 Å². The number of aromatic amines is 1. The van der Waals surface area contributed by atoms with Crippen LogP contribution in [0, 0.1) is 0 Å². The van der Waals surface area contributed by atoms with Gasteiger partial charge in [0.25, 0.3) is 5.56 Å². The number of H-pyrrole nitrogens is 1. The molecular weight excluding hydrogens is 300 g/mol. The molecule has 0 saturated carbocycles. The second kappa shape index (κ2) is 5.13. The Hall–Kier alpha value is -3.36. The van der Waals surface area contributed by atoms with Crippen molar-refractivity contribution in [3.63, 3.8) is 0 Å². The van der Waals surface area contributed by atoms with E-state index in [0.29, 0.717) is 17.1 Å². The van der Waals surface area contributed by atoms with E-state index < -0.39 is 17.3 Å². The van der Waals surface area contributed by atoms with Gasteiger partial charge in [-0.15, -0.1) is 0 Å². The number of aromatic nitrogens is 4. The van der Waals surface area contributed by atoms with Gasteiger partial charge in [0.1, 0.15) is 11.3 Å². The van der Waals surface area contributed by atoms with Gasteiger partial charge in [-0.05, 0) is 24.3 Å². The molecule has 2 amide bonds. The normalized spacial score (nSPS) is 10.9. The number of nitrogens with zero attached hydrogens (tertiary/aromatic N) is 3. The number of nitrogens with two attached hydrogens (primary N) is 1. The van der Waals surface area contributed by atoms with Crippen molar-refractivity contribution in [2.75, 3.05) is 5.32 Å². The SMILES string of the molecule is Cn1c(=O)c2[nH]c(-c3ccc(NC(N)=O)cc3)nc2n(C)c1=O. The number of amides is 2. The van der Waals surface area contributed by atoms with Crippen LogP contribution in [0.2, 0.25) is 0 Å². The molecule has 4 N–H and O–H groups in total. The monoisotopic (exact) mass is 314 g/mol. The van der Waals surface area contributed by atoms with Crippen LogP contribution in [0.5, 0.6) is 0 Å². The molecule has 2 aromatic heterocycles. The lowest BCUT2D eigenvalue weighted by Crippen LogP contribution is -2.36. The third-order valence-electron chi connectivity index (χ3n) is 3.52. The molecule has 0 bridgehead atoms. The number of hydrogen-bond acceptors (Lipinski definition) is 4.